The third-order valence-corrected chi connectivity index (χ3v) is 2.04. The summed E-state index contributed by atoms with van der Waals surface area (Å²) < 4.78 is 0. The number of unbranched alkanes of at least 4 members (excludes halogenated alkanes) is 4. The van der Waals surface area contributed by atoms with Gasteiger partial charge in [-0.2, -0.15) is 0 Å². The Morgan fingerprint density at radius 3 is 1.86 bits per heavy atom. The van der Waals surface area contributed by atoms with E-state index in [1.807, 2.05) is 0 Å². The lowest BCUT2D eigenvalue weighted by molar-refractivity contribution is -0.120. The van der Waals surface area contributed by atoms with E-state index in [1.165, 1.54) is 32.1 Å². The van der Waals surface area contributed by atoms with Crippen LogP contribution in [0.15, 0.2) is 0 Å². The number of hydrogen-bond donors (Lipinski definition) is 1. The highest BCUT2D eigenvalue weighted by Crippen LogP contribution is 2.01. The summed E-state index contributed by atoms with van der Waals surface area (Å²) in [4.78, 5) is 10.7. The fourth-order valence-electron chi connectivity index (χ4n) is 0.837. The molecular weight excluding hydrogens is 174 g/mol. The van der Waals surface area contributed by atoms with Gasteiger partial charge in [0.15, 0.2) is 0 Å². The molecule has 0 aromatic rings. The van der Waals surface area contributed by atoms with Crippen LogP contribution in [0.4, 0.5) is 0 Å². The Labute approximate surface area is 89.5 Å². The average Bonchev–Trinajstić information content (AvgIpc) is 2.24. The van der Waals surface area contributed by atoms with Crippen molar-refractivity contribution in [1.29, 1.82) is 0 Å². The fraction of sp³-hybridized carbons (Fsp3) is 0.917. The number of amides is 1. The van der Waals surface area contributed by atoms with E-state index in [0.29, 0.717) is 6.42 Å². The van der Waals surface area contributed by atoms with Gasteiger partial charge >= 0.3 is 0 Å². The van der Waals surface area contributed by atoms with Gasteiger partial charge in [-0.1, -0.05) is 52.9 Å². The summed E-state index contributed by atoms with van der Waals surface area (Å²) in [6, 6.07) is 0. The Bertz CT molecular complexity index is 111. The summed E-state index contributed by atoms with van der Waals surface area (Å²) in [5.41, 5.74) is 0. The molecule has 0 aliphatic carbocycles. The van der Waals surface area contributed by atoms with Gasteiger partial charge in [-0.05, 0) is 6.42 Å². The molecule has 0 fully saturated rings. The zero-order chi connectivity index (χ0) is 11.2. The molecule has 0 saturated heterocycles. The summed E-state index contributed by atoms with van der Waals surface area (Å²) in [5, 5.41) is 2.60. The maximum atomic E-state index is 10.7. The first kappa shape index (κ1) is 15.9. The minimum absolute atomic E-state index is 0.163. The number of carbonyl (C=O) groups excluding carboxylic acids is 1. The van der Waals surface area contributed by atoms with Crippen LogP contribution in [0.3, 0.4) is 0 Å². The molecule has 86 valence electrons. The maximum absolute atomic E-state index is 10.7. The van der Waals surface area contributed by atoms with E-state index >= 15 is 0 Å². The van der Waals surface area contributed by atoms with Crippen LogP contribution < -0.4 is 5.32 Å². The summed E-state index contributed by atoms with van der Waals surface area (Å²) in [6.45, 7) is 6.53. The van der Waals surface area contributed by atoms with Gasteiger partial charge in [0.25, 0.3) is 0 Å². The first-order valence-corrected chi connectivity index (χ1v) is 5.93. The molecule has 2 heteroatoms. The van der Waals surface area contributed by atoms with Gasteiger partial charge in [0.05, 0.1) is 0 Å². The van der Waals surface area contributed by atoms with Crippen LogP contribution in [0.25, 0.3) is 0 Å². The summed E-state index contributed by atoms with van der Waals surface area (Å²) >= 11 is 0. The van der Waals surface area contributed by atoms with Gasteiger partial charge in [0.2, 0.25) is 5.91 Å². The minimum Gasteiger partial charge on any atom is -0.359 e. The summed E-state index contributed by atoms with van der Waals surface area (Å²) in [5.74, 6) is 0.163. The standard InChI is InChI=1S/C8H17NO.C4H10/c1-3-4-5-6-7-8(10)9-2;1-3-4-2/h3-7H2,1-2H3,(H,9,10);3-4H2,1-2H3. The first-order valence-electron chi connectivity index (χ1n) is 5.93. The second kappa shape index (κ2) is 15.0. The Kier molecular flexibility index (Phi) is 17.0. The topological polar surface area (TPSA) is 29.1 Å². The van der Waals surface area contributed by atoms with Crippen LogP contribution in [0.1, 0.15) is 65.7 Å². The van der Waals surface area contributed by atoms with Crippen LogP contribution in [-0.4, -0.2) is 13.0 Å². The second-order valence-corrected chi connectivity index (χ2v) is 3.48. The molecule has 0 saturated carbocycles. The van der Waals surface area contributed by atoms with Gasteiger partial charge in [0, 0.05) is 13.5 Å². The molecule has 0 heterocycles. The van der Waals surface area contributed by atoms with Crippen LogP contribution in [-0.2, 0) is 4.79 Å². The molecule has 0 rings (SSSR count). The van der Waals surface area contributed by atoms with E-state index in [9.17, 15) is 4.79 Å². The third-order valence-electron chi connectivity index (χ3n) is 2.04. The SMILES string of the molecule is CCCC.CCCCCCC(=O)NC. The predicted octanol–water partition coefficient (Wildman–Crippen LogP) is 3.51. The van der Waals surface area contributed by atoms with Crippen molar-refractivity contribution < 1.29 is 4.79 Å². The number of carbonyl (C=O) groups is 1. The maximum Gasteiger partial charge on any atom is 0.219 e. The van der Waals surface area contributed by atoms with Gasteiger partial charge in [-0.25, -0.2) is 0 Å². The van der Waals surface area contributed by atoms with Crippen LogP contribution in [0.2, 0.25) is 0 Å². The van der Waals surface area contributed by atoms with Crippen LogP contribution in [0.5, 0.6) is 0 Å². The Morgan fingerprint density at radius 1 is 0.929 bits per heavy atom. The minimum atomic E-state index is 0.163. The molecule has 0 radical (unpaired) electrons. The molecule has 1 N–H and O–H groups in total. The van der Waals surface area contributed by atoms with E-state index in [1.54, 1.807) is 7.05 Å². The zero-order valence-corrected chi connectivity index (χ0v) is 10.4. The highest BCUT2D eigenvalue weighted by Gasteiger charge is 1.95. The van der Waals surface area contributed by atoms with E-state index in [4.69, 9.17) is 0 Å². The molecule has 0 aliphatic heterocycles. The van der Waals surface area contributed by atoms with Crippen molar-refractivity contribution in [2.45, 2.75) is 65.7 Å². The normalized spacial score (nSPS) is 8.86. The van der Waals surface area contributed by atoms with Crippen molar-refractivity contribution in [1.82, 2.24) is 5.32 Å². The van der Waals surface area contributed by atoms with Crippen LogP contribution >= 0.6 is 0 Å². The van der Waals surface area contributed by atoms with Gasteiger partial charge in [-0.3, -0.25) is 4.79 Å². The first-order chi connectivity index (χ1) is 6.72. The number of rotatable bonds is 6. The summed E-state index contributed by atoms with van der Waals surface area (Å²) in [7, 11) is 1.68. The molecule has 0 unspecified atom stereocenters. The summed E-state index contributed by atoms with van der Waals surface area (Å²) in [6.07, 6.45) is 8.03. The third kappa shape index (κ3) is 17.5. The largest absolute Gasteiger partial charge is 0.359 e. The Hall–Kier alpha value is -0.530. The Morgan fingerprint density at radius 2 is 1.50 bits per heavy atom. The van der Waals surface area contributed by atoms with Crippen molar-refractivity contribution in [3.05, 3.63) is 0 Å². The van der Waals surface area contributed by atoms with Crippen molar-refractivity contribution >= 4 is 5.91 Å². The van der Waals surface area contributed by atoms with Gasteiger partial charge < -0.3 is 5.32 Å². The predicted molar refractivity (Wildman–Crippen MR) is 63.4 cm³/mol. The molecule has 0 spiro atoms. The fourth-order valence-corrected chi connectivity index (χ4v) is 0.837. The second-order valence-electron chi connectivity index (χ2n) is 3.48. The lowest BCUT2D eigenvalue weighted by atomic mass is 10.1. The molecule has 14 heavy (non-hydrogen) atoms. The van der Waals surface area contributed by atoms with Crippen LogP contribution in [0, 0.1) is 0 Å². The monoisotopic (exact) mass is 201 g/mol. The van der Waals surface area contributed by atoms with Gasteiger partial charge in [0.1, 0.15) is 0 Å². The lowest BCUT2D eigenvalue weighted by Gasteiger charge is -1.97. The van der Waals surface area contributed by atoms with Crippen molar-refractivity contribution in [3.63, 3.8) is 0 Å². The highest BCUT2D eigenvalue weighted by atomic mass is 16.1. The van der Waals surface area contributed by atoms with E-state index in [2.05, 4.69) is 26.1 Å². The van der Waals surface area contributed by atoms with Crippen molar-refractivity contribution in [2.75, 3.05) is 7.05 Å². The lowest BCUT2D eigenvalue weighted by Crippen LogP contribution is -2.16. The van der Waals surface area contributed by atoms with Crippen molar-refractivity contribution in [2.24, 2.45) is 0 Å². The average molecular weight is 201 g/mol. The molecule has 1 amide bonds. The molecule has 2 nitrogen and oxygen atoms in total. The molecule has 0 aromatic carbocycles. The quantitative estimate of drug-likeness (QED) is 0.655. The van der Waals surface area contributed by atoms with E-state index in [-0.39, 0.29) is 5.91 Å². The smallest absolute Gasteiger partial charge is 0.219 e. The van der Waals surface area contributed by atoms with Gasteiger partial charge in [-0.15, -0.1) is 0 Å². The molecular formula is C12H27NO. The Balaban J connectivity index is 0. The molecule has 0 atom stereocenters. The molecule has 0 aromatic heterocycles. The zero-order valence-electron chi connectivity index (χ0n) is 10.4. The number of hydrogen-bond acceptors (Lipinski definition) is 1. The number of nitrogens with one attached hydrogen (secondary N) is 1. The van der Waals surface area contributed by atoms with E-state index in [0.717, 1.165) is 6.42 Å². The van der Waals surface area contributed by atoms with E-state index < -0.39 is 0 Å². The molecule has 0 bridgehead atoms. The highest BCUT2D eigenvalue weighted by molar-refractivity contribution is 5.75. The van der Waals surface area contributed by atoms with Crippen molar-refractivity contribution in [3.8, 4) is 0 Å². The molecule has 0 aliphatic rings.